The Kier molecular flexibility index (Phi) is 7.32. The van der Waals surface area contributed by atoms with Crippen LogP contribution >= 0.6 is 11.6 Å². The Morgan fingerprint density at radius 2 is 1.65 bits per heavy atom. The molecule has 0 spiro atoms. The fraction of sp³-hybridized carbons (Fsp3) is 0.500. The van der Waals surface area contributed by atoms with Gasteiger partial charge in [-0.2, -0.15) is 0 Å². The number of rotatable bonds is 6. The Labute approximate surface area is 187 Å². The van der Waals surface area contributed by atoms with Gasteiger partial charge in [-0.3, -0.25) is 9.69 Å². The lowest BCUT2D eigenvalue weighted by Gasteiger charge is -2.36. The fourth-order valence-corrected chi connectivity index (χ4v) is 4.31. The molecule has 0 atom stereocenters. The zero-order valence-electron chi connectivity index (χ0n) is 17.6. The van der Waals surface area contributed by atoms with Crippen LogP contribution in [0.15, 0.2) is 36.7 Å². The molecule has 0 saturated carbocycles. The van der Waals surface area contributed by atoms with Gasteiger partial charge in [-0.25, -0.2) is 14.4 Å². The van der Waals surface area contributed by atoms with Crippen LogP contribution in [0.5, 0.6) is 0 Å². The molecule has 9 heteroatoms. The molecule has 0 N–H and O–H groups in total. The Hall–Kier alpha value is -2.29. The minimum Gasteiger partial charge on any atom is -0.339 e. The zero-order chi connectivity index (χ0) is 21.6. The van der Waals surface area contributed by atoms with E-state index in [-0.39, 0.29) is 11.7 Å². The summed E-state index contributed by atoms with van der Waals surface area (Å²) < 4.78 is 13.2. The minimum absolute atomic E-state index is 0.217. The summed E-state index contributed by atoms with van der Waals surface area (Å²) in [4.78, 5) is 30.0. The van der Waals surface area contributed by atoms with E-state index in [1.54, 1.807) is 24.5 Å². The van der Waals surface area contributed by atoms with Gasteiger partial charge in [0.15, 0.2) is 0 Å². The molecule has 1 amide bonds. The highest BCUT2D eigenvalue weighted by molar-refractivity contribution is 6.31. The van der Waals surface area contributed by atoms with Gasteiger partial charge in [-0.15, -0.1) is 0 Å². The van der Waals surface area contributed by atoms with Crippen molar-refractivity contribution in [3.05, 3.63) is 53.1 Å². The topological polar surface area (TPSA) is 55.8 Å². The maximum Gasteiger partial charge on any atom is 0.225 e. The highest BCUT2D eigenvalue weighted by atomic mass is 35.5. The number of hydrogen-bond donors (Lipinski definition) is 0. The van der Waals surface area contributed by atoms with Crippen LogP contribution in [0.1, 0.15) is 12.0 Å². The normalized spacial score (nSPS) is 18.4. The van der Waals surface area contributed by atoms with Gasteiger partial charge in [0.1, 0.15) is 5.82 Å². The molecule has 4 rings (SSSR count). The minimum atomic E-state index is -0.307. The monoisotopic (exact) mass is 446 g/mol. The lowest BCUT2D eigenvalue weighted by molar-refractivity contribution is -0.131. The summed E-state index contributed by atoms with van der Waals surface area (Å²) in [6, 6.07) is 6.38. The molecule has 2 aliphatic heterocycles. The highest BCUT2D eigenvalue weighted by Gasteiger charge is 2.24. The molecule has 2 aromatic rings. The maximum absolute atomic E-state index is 13.2. The number of benzene rings is 1. The van der Waals surface area contributed by atoms with Crippen molar-refractivity contribution < 1.29 is 9.18 Å². The van der Waals surface area contributed by atoms with Crippen LogP contribution in [-0.2, 0) is 11.3 Å². The highest BCUT2D eigenvalue weighted by Crippen LogP contribution is 2.20. The van der Waals surface area contributed by atoms with E-state index < -0.39 is 0 Å². The summed E-state index contributed by atoms with van der Waals surface area (Å²) >= 11 is 6.15. The second kappa shape index (κ2) is 10.3. The van der Waals surface area contributed by atoms with E-state index in [1.165, 1.54) is 12.1 Å². The van der Waals surface area contributed by atoms with Crippen LogP contribution in [0.4, 0.5) is 10.3 Å². The van der Waals surface area contributed by atoms with E-state index in [1.807, 2.05) is 4.90 Å². The van der Waals surface area contributed by atoms with Gasteiger partial charge >= 0.3 is 0 Å². The third-order valence-electron chi connectivity index (χ3n) is 5.98. The average molecular weight is 447 g/mol. The van der Waals surface area contributed by atoms with Gasteiger partial charge in [0.05, 0.1) is 0 Å². The Morgan fingerprint density at radius 1 is 0.968 bits per heavy atom. The van der Waals surface area contributed by atoms with Crippen LogP contribution in [0.3, 0.4) is 0 Å². The van der Waals surface area contributed by atoms with Crippen LogP contribution in [0.2, 0.25) is 5.02 Å². The van der Waals surface area contributed by atoms with E-state index >= 15 is 0 Å². The first kappa shape index (κ1) is 21.9. The molecular weight excluding hydrogens is 419 g/mol. The number of hydrogen-bond acceptors (Lipinski definition) is 6. The van der Waals surface area contributed by atoms with E-state index in [0.29, 0.717) is 24.5 Å². The first-order valence-corrected chi connectivity index (χ1v) is 11.1. The summed E-state index contributed by atoms with van der Waals surface area (Å²) in [5.74, 6) is 0.640. The van der Waals surface area contributed by atoms with Crippen molar-refractivity contribution in [2.24, 2.45) is 0 Å². The lowest BCUT2D eigenvalue weighted by Crippen LogP contribution is -2.50. The van der Waals surface area contributed by atoms with Crippen LogP contribution in [-0.4, -0.2) is 89.5 Å². The number of halogens is 2. The molecule has 0 bridgehead atoms. The molecule has 1 aromatic heterocycles. The van der Waals surface area contributed by atoms with Crippen LogP contribution < -0.4 is 4.90 Å². The number of piperazine rings is 2. The lowest BCUT2D eigenvalue weighted by atomic mass is 10.2. The number of anilines is 1. The van der Waals surface area contributed by atoms with E-state index in [0.717, 1.165) is 63.9 Å². The van der Waals surface area contributed by atoms with Crippen molar-refractivity contribution in [3.8, 4) is 0 Å². The van der Waals surface area contributed by atoms with Gasteiger partial charge in [0.2, 0.25) is 11.9 Å². The summed E-state index contributed by atoms with van der Waals surface area (Å²) in [7, 11) is 0. The molecule has 0 unspecified atom stereocenters. The van der Waals surface area contributed by atoms with Gasteiger partial charge in [0.25, 0.3) is 0 Å². The SMILES string of the molecule is O=C(CCN1CCN(Cc2ccc(F)cc2Cl)CC1)N1CCN(c2ncccn2)CC1. The first-order chi connectivity index (χ1) is 15.1. The van der Waals surface area contributed by atoms with Gasteiger partial charge in [0, 0.05) is 89.3 Å². The molecule has 1 aromatic carbocycles. The predicted molar refractivity (Wildman–Crippen MR) is 119 cm³/mol. The smallest absolute Gasteiger partial charge is 0.225 e. The fourth-order valence-electron chi connectivity index (χ4n) is 4.08. The Bertz CT molecular complexity index is 870. The number of aromatic nitrogens is 2. The molecule has 2 aliphatic rings. The van der Waals surface area contributed by atoms with Crippen molar-refractivity contribution in [2.45, 2.75) is 13.0 Å². The molecule has 0 aliphatic carbocycles. The average Bonchev–Trinajstić information content (AvgIpc) is 2.81. The first-order valence-electron chi connectivity index (χ1n) is 10.8. The third kappa shape index (κ3) is 5.90. The van der Waals surface area contributed by atoms with Crippen molar-refractivity contribution >= 4 is 23.5 Å². The molecule has 7 nitrogen and oxygen atoms in total. The second-order valence-corrected chi connectivity index (χ2v) is 8.43. The summed E-state index contributed by atoms with van der Waals surface area (Å²) in [5, 5.41) is 0.479. The van der Waals surface area contributed by atoms with Crippen LogP contribution in [0.25, 0.3) is 0 Å². The number of carbonyl (C=O) groups excluding carboxylic acids is 1. The Morgan fingerprint density at radius 3 is 2.32 bits per heavy atom. The standard InChI is InChI=1S/C22H28ClFN6O/c23-20-16-19(24)3-2-18(20)17-28-10-8-27(9-11-28)7-4-21(31)29-12-14-30(15-13-29)22-25-5-1-6-26-22/h1-3,5-6,16H,4,7-15,17H2. The predicted octanol–water partition coefficient (Wildman–Crippen LogP) is 2.13. The third-order valence-corrected chi connectivity index (χ3v) is 6.34. The summed E-state index contributed by atoms with van der Waals surface area (Å²) in [5.41, 5.74) is 0.951. The molecule has 0 radical (unpaired) electrons. The van der Waals surface area contributed by atoms with E-state index in [9.17, 15) is 9.18 Å². The summed E-state index contributed by atoms with van der Waals surface area (Å²) in [6.07, 6.45) is 4.04. The van der Waals surface area contributed by atoms with Crippen molar-refractivity contribution in [1.82, 2.24) is 24.7 Å². The summed E-state index contributed by atoms with van der Waals surface area (Å²) in [6.45, 7) is 8.13. The van der Waals surface area contributed by atoms with Gasteiger partial charge in [-0.1, -0.05) is 17.7 Å². The maximum atomic E-state index is 13.2. The molecule has 2 fully saturated rings. The van der Waals surface area contributed by atoms with Crippen molar-refractivity contribution in [3.63, 3.8) is 0 Å². The molecule has 2 saturated heterocycles. The largest absolute Gasteiger partial charge is 0.339 e. The van der Waals surface area contributed by atoms with Crippen molar-refractivity contribution in [2.75, 3.05) is 63.8 Å². The van der Waals surface area contributed by atoms with Crippen LogP contribution in [0, 0.1) is 5.82 Å². The quantitative estimate of drug-likeness (QED) is 0.677. The number of carbonyl (C=O) groups is 1. The second-order valence-electron chi connectivity index (χ2n) is 8.02. The molecule has 31 heavy (non-hydrogen) atoms. The van der Waals surface area contributed by atoms with E-state index in [2.05, 4.69) is 24.7 Å². The number of amides is 1. The Balaban J connectivity index is 1.16. The van der Waals surface area contributed by atoms with Gasteiger partial charge in [-0.05, 0) is 23.8 Å². The molecular formula is C22H28ClFN6O. The van der Waals surface area contributed by atoms with E-state index in [4.69, 9.17) is 11.6 Å². The zero-order valence-corrected chi connectivity index (χ0v) is 18.3. The van der Waals surface area contributed by atoms with Gasteiger partial charge < -0.3 is 14.7 Å². The molecule has 166 valence electrons. The molecule has 3 heterocycles. The van der Waals surface area contributed by atoms with Crippen molar-refractivity contribution in [1.29, 1.82) is 0 Å². The number of nitrogens with zero attached hydrogens (tertiary/aromatic N) is 6.